The van der Waals surface area contributed by atoms with Crippen molar-refractivity contribution in [3.05, 3.63) is 45.6 Å². The van der Waals surface area contributed by atoms with Crippen molar-refractivity contribution in [3.8, 4) is 11.5 Å². The zero-order chi connectivity index (χ0) is 15.2. The second-order valence-electron chi connectivity index (χ2n) is 4.39. The van der Waals surface area contributed by atoms with Crippen LogP contribution in [0.4, 0.5) is 0 Å². The number of hydrogen-bond donors (Lipinski definition) is 2. The van der Waals surface area contributed by atoms with Gasteiger partial charge in [-0.05, 0) is 12.1 Å². The van der Waals surface area contributed by atoms with Crippen LogP contribution in [0.25, 0.3) is 0 Å². The van der Waals surface area contributed by atoms with Crippen molar-refractivity contribution in [1.82, 2.24) is 5.32 Å². The van der Waals surface area contributed by atoms with Crippen LogP contribution in [-0.2, 0) is 13.1 Å². The van der Waals surface area contributed by atoms with Gasteiger partial charge in [-0.1, -0.05) is 6.07 Å². The third-order valence-electron chi connectivity index (χ3n) is 3.01. The van der Waals surface area contributed by atoms with Gasteiger partial charge in [0.15, 0.2) is 0 Å². The SMILES string of the molecule is COc1ccc(CNCc2cc(C(=O)O)cs2)c(OC)c1. The zero-order valence-corrected chi connectivity index (χ0v) is 12.7. The number of carboxylic acids is 1. The third-order valence-corrected chi connectivity index (χ3v) is 3.95. The number of rotatable bonds is 7. The van der Waals surface area contributed by atoms with E-state index < -0.39 is 5.97 Å². The molecule has 0 fully saturated rings. The predicted molar refractivity (Wildman–Crippen MR) is 81.4 cm³/mol. The first-order valence-corrected chi connectivity index (χ1v) is 7.24. The molecule has 5 nitrogen and oxygen atoms in total. The molecule has 0 aliphatic rings. The fourth-order valence-corrected chi connectivity index (χ4v) is 2.73. The Bertz CT molecular complexity index is 624. The zero-order valence-electron chi connectivity index (χ0n) is 11.9. The highest BCUT2D eigenvalue weighted by molar-refractivity contribution is 7.10. The molecule has 0 saturated heterocycles. The fourth-order valence-electron chi connectivity index (χ4n) is 1.90. The van der Waals surface area contributed by atoms with Gasteiger partial charge in [-0.3, -0.25) is 0 Å². The quantitative estimate of drug-likeness (QED) is 0.823. The van der Waals surface area contributed by atoms with Crippen LogP contribution in [0.3, 0.4) is 0 Å². The number of ether oxygens (including phenoxy) is 2. The summed E-state index contributed by atoms with van der Waals surface area (Å²) in [6.07, 6.45) is 0. The minimum absolute atomic E-state index is 0.332. The highest BCUT2D eigenvalue weighted by atomic mass is 32.1. The van der Waals surface area contributed by atoms with Crippen LogP contribution >= 0.6 is 11.3 Å². The Hall–Kier alpha value is -2.05. The summed E-state index contributed by atoms with van der Waals surface area (Å²) in [7, 11) is 3.24. The number of benzene rings is 1. The Morgan fingerprint density at radius 2 is 2.05 bits per heavy atom. The Balaban J connectivity index is 1.94. The number of carbonyl (C=O) groups is 1. The molecule has 2 N–H and O–H groups in total. The molecule has 2 aromatic rings. The Kier molecular flexibility index (Phi) is 5.19. The van der Waals surface area contributed by atoms with E-state index in [1.807, 2.05) is 18.2 Å². The first kappa shape index (κ1) is 15.3. The van der Waals surface area contributed by atoms with Gasteiger partial charge in [0.1, 0.15) is 11.5 Å². The summed E-state index contributed by atoms with van der Waals surface area (Å²) < 4.78 is 10.5. The number of nitrogens with one attached hydrogen (secondary N) is 1. The van der Waals surface area contributed by atoms with E-state index in [2.05, 4.69) is 5.32 Å². The molecule has 0 atom stereocenters. The largest absolute Gasteiger partial charge is 0.497 e. The van der Waals surface area contributed by atoms with Crippen LogP contribution in [0, 0.1) is 0 Å². The Labute approximate surface area is 127 Å². The molecular weight excluding hydrogens is 290 g/mol. The van der Waals surface area contributed by atoms with Gasteiger partial charge < -0.3 is 19.9 Å². The van der Waals surface area contributed by atoms with E-state index in [1.54, 1.807) is 25.7 Å². The summed E-state index contributed by atoms with van der Waals surface area (Å²) in [6, 6.07) is 7.35. The molecule has 0 bridgehead atoms. The number of methoxy groups -OCH3 is 2. The van der Waals surface area contributed by atoms with E-state index in [0.29, 0.717) is 18.7 Å². The van der Waals surface area contributed by atoms with Crippen molar-refractivity contribution in [1.29, 1.82) is 0 Å². The second-order valence-corrected chi connectivity index (χ2v) is 5.38. The van der Waals surface area contributed by atoms with Crippen molar-refractivity contribution in [2.75, 3.05) is 14.2 Å². The molecule has 1 heterocycles. The molecule has 0 aliphatic heterocycles. The minimum atomic E-state index is -0.894. The Morgan fingerprint density at radius 1 is 1.24 bits per heavy atom. The standard InChI is InChI=1S/C15H17NO4S/c1-19-12-4-3-10(14(6-12)20-2)7-16-8-13-5-11(9-21-13)15(17)18/h3-6,9,16H,7-8H2,1-2H3,(H,17,18). The monoisotopic (exact) mass is 307 g/mol. The lowest BCUT2D eigenvalue weighted by atomic mass is 10.2. The average molecular weight is 307 g/mol. The Morgan fingerprint density at radius 3 is 2.67 bits per heavy atom. The smallest absolute Gasteiger partial charge is 0.336 e. The third kappa shape index (κ3) is 3.96. The number of hydrogen-bond acceptors (Lipinski definition) is 5. The predicted octanol–water partition coefficient (Wildman–Crippen LogP) is 2.75. The lowest BCUT2D eigenvalue weighted by molar-refractivity contribution is 0.0697. The molecule has 0 radical (unpaired) electrons. The van der Waals surface area contributed by atoms with Crippen LogP contribution in [0.2, 0.25) is 0 Å². The van der Waals surface area contributed by atoms with E-state index >= 15 is 0 Å². The van der Waals surface area contributed by atoms with Gasteiger partial charge in [-0.15, -0.1) is 11.3 Å². The topological polar surface area (TPSA) is 67.8 Å². The van der Waals surface area contributed by atoms with Crippen molar-refractivity contribution in [2.24, 2.45) is 0 Å². The molecule has 0 aliphatic carbocycles. The normalized spacial score (nSPS) is 10.4. The van der Waals surface area contributed by atoms with Gasteiger partial charge in [0.25, 0.3) is 0 Å². The van der Waals surface area contributed by atoms with Gasteiger partial charge in [0.05, 0.1) is 19.8 Å². The lowest BCUT2D eigenvalue weighted by Gasteiger charge is -2.10. The number of aromatic carboxylic acids is 1. The maximum absolute atomic E-state index is 10.8. The summed E-state index contributed by atoms with van der Waals surface area (Å²) in [6.45, 7) is 1.25. The molecule has 2 rings (SSSR count). The van der Waals surface area contributed by atoms with Crippen LogP contribution in [0.1, 0.15) is 20.8 Å². The molecule has 0 unspecified atom stereocenters. The number of carboxylic acid groups (broad SMARTS) is 1. The minimum Gasteiger partial charge on any atom is -0.497 e. The highest BCUT2D eigenvalue weighted by Crippen LogP contribution is 2.24. The molecule has 1 aromatic carbocycles. The van der Waals surface area contributed by atoms with Crippen LogP contribution in [0.5, 0.6) is 11.5 Å². The summed E-state index contributed by atoms with van der Waals surface area (Å²) >= 11 is 1.43. The lowest BCUT2D eigenvalue weighted by Crippen LogP contribution is -2.12. The first-order chi connectivity index (χ1) is 10.1. The highest BCUT2D eigenvalue weighted by Gasteiger charge is 2.07. The molecule has 0 spiro atoms. The fraction of sp³-hybridized carbons (Fsp3) is 0.267. The van der Waals surface area contributed by atoms with Crippen LogP contribution in [-0.4, -0.2) is 25.3 Å². The molecule has 21 heavy (non-hydrogen) atoms. The van der Waals surface area contributed by atoms with Gasteiger partial charge in [-0.2, -0.15) is 0 Å². The molecule has 1 aromatic heterocycles. The van der Waals surface area contributed by atoms with Crippen molar-refractivity contribution >= 4 is 17.3 Å². The maximum atomic E-state index is 10.8. The summed E-state index contributed by atoms with van der Waals surface area (Å²) in [4.78, 5) is 11.8. The first-order valence-electron chi connectivity index (χ1n) is 6.36. The summed E-state index contributed by atoms with van der Waals surface area (Å²) in [5.74, 6) is 0.619. The average Bonchev–Trinajstić information content (AvgIpc) is 2.96. The van der Waals surface area contributed by atoms with Gasteiger partial charge in [0, 0.05) is 35.0 Å². The van der Waals surface area contributed by atoms with Crippen molar-refractivity contribution in [2.45, 2.75) is 13.1 Å². The van der Waals surface area contributed by atoms with E-state index in [9.17, 15) is 4.79 Å². The summed E-state index contributed by atoms with van der Waals surface area (Å²) in [5, 5.41) is 13.8. The maximum Gasteiger partial charge on any atom is 0.336 e. The van der Waals surface area contributed by atoms with Gasteiger partial charge in [-0.25, -0.2) is 4.79 Å². The molecule has 6 heteroatoms. The van der Waals surface area contributed by atoms with E-state index in [1.165, 1.54) is 11.3 Å². The molecule has 112 valence electrons. The van der Waals surface area contributed by atoms with E-state index in [-0.39, 0.29) is 0 Å². The van der Waals surface area contributed by atoms with Crippen LogP contribution < -0.4 is 14.8 Å². The van der Waals surface area contributed by atoms with Crippen molar-refractivity contribution < 1.29 is 19.4 Å². The van der Waals surface area contributed by atoms with Crippen molar-refractivity contribution in [3.63, 3.8) is 0 Å². The van der Waals surface area contributed by atoms with Gasteiger partial charge in [0.2, 0.25) is 0 Å². The second kappa shape index (κ2) is 7.10. The van der Waals surface area contributed by atoms with Gasteiger partial charge >= 0.3 is 5.97 Å². The molecule has 0 amide bonds. The number of thiophene rings is 1. The van der Waals surface area contributed by atoms with E-state index in [4.69, 9.17) is 14.6 Å². The molecule has 0 saturated carbocycles. The van der Waals surface area contributed by atoms with Crippen LogP contribution in [0.15, 0.2) is 29.6 Å². The molecular formula is C15H17NO4S. The van der Waals surface area contributed by atoms with E-state index in [0.717, 1.165) is 21.9 Å². The summed E-state index contributed by atoms with van der Waals surface area (Å²) in [5.41, 5.74) is 1.35.